The number of ketones is 1. The standard InChI is InChI=1S/C16H19FN2O3S/c17-14-7-5-13(6-8-14)16(20)12-15-4-3-10-19(15)23(21,22)11-2-1-9-18/h5-8,15H,1-4,10-12H2/t15-/m0/s1. The third kappa shape index (κ3) is 4.60. The van der Waals surface area contributed by atoms with Gasteiger partial charge in [-0.05, 0) is 43.5 Å². The van der Waals surface area contributed by atoms with Gasteiger partial charge in [0.1, 0.15) is 5.82 Å². The summed E-state index contributed by atoms with van der Waals surface area (Å²) >= 11 is 0. The van der Waals surface area contributed by atoms with E-state index in [9.17, 15) is 17.6 Å². The summed E-state index contributed by atoms with van der Waals surface area (Å²) in [5.74, 6) is -0.667. The predicted molar refractivity (Wildman–Crippen MR) is 83.7 cm³/mol. The van der Waals surface area contributed by atoms with E-state index in [-0.39, 0.29) is 30.4 Å². The first-order valence-electron chi connectivity index (χ1n) is 7.59. The molecule has 1 aliphatic rings. The van der Waals surface area contributed by atoms with Crippen molar-refractivity contribution in [3.05, 3.63) is 35.6 Å². The quantitative estimate of drug-likeness (QED) is 0.565. The van der Waals surface area contributed by atoms with E-state index in [1.807, 2.05) is 6.07 Å². The Balaban J connectivity index is 2.02. The molecule has 5 nitrogen and oxygen atoms in total. The van der Waals surface area contributed by atoms with Crippen LogP contribution in [0, 0.1) is 17.1 Å². The number of rotatable bonds is 7. The van der Waals surface area contributed by atoms with Crippen molar-refractivity contribution in [3.63, 3.8) is 0 Å². The maximum Gasteiger partial charge on any atom is 0.214 e. The summed E-state index contributed by atoms with van der Waals surface area (Å²) in [6, 6.07) is 6.86. The van der Waals surface area contributed by atoms with Crippen molar-refractivity contribution in [2.75, 3.05) is 12.3 Å². The first kappa shape index (κ1) is 17.6. The Bertz CT molecular complexity index is 695. The minimum absolute atomic E-state index is 0.0677. The molecule has 1 heterocycles. The Hall–Kier alpha value is -1.78. The number of nitriles is 1. The molecule has 0 aliphatic carbocycles. The lowest BCUT2D eigenvalue weighted by molar-refractivity contribution is 0.0961. The second-order valence-corrected chi connectivity index (χ2v) is 7.66. The molecule has 0 spiro atoms. The highest BCUT2D eigenvalue weighted by Crippen LogP contribution is 2.25. The Morgan fingerprint density at radius 2 is 2.04 bits per heavy atom. The highest BCUT2D eigenvalue weighted by Gasteiger charge is 2.34. The number of Topliss-reactive ketones (excluding diaryl/α,β-unsaturated/α-hetero) is 1. The lowest BCUT2D eigenvalue weighted by atomic mass is 10.0. The van der Waals surface area contributed by atoms with Crippen LogP contribution in [-0.2, 0) is 10.0 Å². The molecule has 0 amide bonds. The molecular weight excluding hydrogens is 319 g/mol. The topological polar surface area (TPSA) is 78.2 Å². The molecule has 1 fully saturated rings. The summed E-state index contributed by atoms with van der Waals surface area (Å²) in [5, 5.41) is 8.52. The van der Waals surface area contributed by atoms with E-state index >= 15 is 0 Å². The Morgan fingerprint density at radius 1 is 1.35 bits per heavy atom. The van der Waals surface area contributed by atoms with Crippen molar-refractivity contribution < 1.29 is 17.6 Å². The van der Waals surface area contributed by atoms with Crippen LogP contribution in [0.15, 0.2) is 24.3 Å². The first-order valence-corrected chi connectivity index (χ1v) is 9.20. The molecule has 1 aliphatic heterocycles. The fourth-order valence-corrected chi connectivity index (χ4v) is 4.58. The molecule has 2 rings (SSSR count). The third-order valence-corrected chi connectivity index (χ3v) is 5.96. The summed E-state index contributed by atoms with van der Waals surface area (Å²) in [4.78, 5) is 12.3. The van der Waals surface area contributed by atoms with Gasteiger partial charge in [0.2, 0.25) is 10.0 Å². The molecule has 0 N–H and O–H groups in total. The number of hydrogen-bond donors (Lipinski definition) is 0. The number of carbonyl (C=O) groups is 1. The number of benzene rings is 1. The minimum Gasteiger partial charge on any atom is -0.294 e. The fraction of sp³-hybridized carbons (Fsp3) is 0.500. The molecule has 7 heteroatoms. The molecular formula is C16H19FN2O3S. The van der Waals surface area contributed by atoms with Crippen LogP contribution in [0.25, 0.3) is 0 Å². The predicted octanol–water partition coefficient (Wildman–Crippen LogP) is 2.50. The smallest absolute Gasteiger partial charge is 0.214 e. The van der Waals surface area contributed by atoms with Crippen LogP contribution in [0.1, 0.15) is 42.5 Å². The molecule has 0 bridgehead atoms. The van der Waals surface area contributed by atoms with Crippen LogP contribution in [0.2, 0.25) is 0 Å². The number of sulfonamides is 1. The van der Waals surface area contributed by atoms with Gasteiger partial charge in [0.15, 0.2) is 5.78 Å². The summed E-state index contributed by atoms with van der Waals surface area (Å²) in [6.07, 6.45) is 1.96. The molecule has 1 aromatic carbocycles. The first-order chi connectivity index (χ1) is 10.9. The maximum absolute atomic E-state index is 12.9. The molecule has 23 heavy (non-hydrogen) atoms. The summed E-state index contributed by atoms with van der Waals surface area (Å²) in [6.45, 7) is 0.413. The maximum atomic E-state index is 12.9. The van der Waals surface area contributed by atoms with Crippen LogP contribution in [0.3, 0.4) is 0 Å². The number of unbranched alkanes of at least 4 members (excludes halogenated alkanes) is 1. The SMILES string of the molecule is N#CCCCS(=O)(=O)N1CCC[C@H]1CC(=O)c1ccc(F)cc1. The highest BCUT2D eigenvalue weighted by atomic mass is 32.2. The fourth-order valence-electron chi connectivity index (χ4n) is 2.80. The zero-order chi connectivity index (χ0) is 16.9. The number of carbonyl (C=O) groups excluding carboxylic acids is 1. The van der Waals surface area contributed by atoms with Gasteiger partial charge in [0, 0.05) is 31.0 Å². The van der Waals surface area contributed by atoms with Crippen LogP contribution in [0.5, 0.6) is 0 Å². The van der Waals surface area contributed by atoms with E-state index in [2.05, 4.69) is 0 Å². The van der Waals surface area contributed by atoms with E-state index < -0.39 is 15.8 Å². The highest BCUT2D eigenvalue weighted by molar-refractivity contribution is 7.89. The third-order valence-electron chi connectivity index (χ3n) is 3.96. The lowest BCUT2D eigenvalue weighted by Gasteiger charge is -2.23. The van der Waals surface area contributed by atoms with Gasteiger partial charge in [-0.1, -0.05) is 0 Å². The van der Waals surface area contributed by atoms with Gasteiger partial charge in [-0.25, -0.2) is 12.8 Å². The zero-order valence-electron chi connectivity index (χ0n) is 12.7. The Labute approximate surface area is 135 Å². The molecule has 0 radical (unpaired) electrons. The second kappa shape index (κ2) is 7.66. The summed E-state index contributed by atoms with van der Waals surface area (Å²) in [7, 11) is -3.45. The Kier molecular flexibility index (Phi) is 5.85. The van der Waals surface area contributed by atoms with E-state index in [0.29, 0.717) is 24.9 Å². The Morgan fingerprint density at radius 3 is 2.70 bits per heavy atom. The van der Waals surface area contributed by atoms with Crippen molar-refractivity contribution in [2.45, 2.75) is 38.1 Å². The molecule has 0 saturated carbocycles. The molecule has 1 atom stereocenters. The van der Waals surface area contributed by atoms with Crippen molar-refractivity contribution in [1.29, 1.82) is 5.26 Å². The average Bonchev–Trinajstić information content (AvgIpc) is 2.97. The molecule has 1 saturated heterocycles. The van der Waals surface area contributed by atoms with E-state index in [0.717, 1.165) is 6.42 Å². The molecule has 1 aromatic rings. The van der Waals surface area contributed by atoms with E-state index in [1.165, 1.54) is 28.6 Å². The van der Waals surface area contributed by atoms with Crippen LogP contribution >= 0.6 is 0 Å². The zero-order valence-corrected chi connectivity index (χ0v) is 13.6. The largest absolute Gasteiger partial charge is 0.294 e. The van der Waals surface area contributed by atoms with Crippen molar-refractivity contribution >= 4 is 15.8 Å². The number of nitrogens with zero attached hydrogens (tertiary/aromatic N) is 2. The second-order valence-electron chi connectivity index (χ2n) is 5.62. The van der Waals surface area contributed by atoms with Gasteiger partial charge >= 0.3 is 0 Å². The molecule has 0 unspecified atom stereocenters. The summed E-state index contributed by atoms with van der Waals surface area (Å²) < 4.78 is 39.0. The van der Waals surface area contributed by atoms with Crippen molar-refractivity contribution in [2.24, 2.45) is 0 Å². The summed E-state index contributed by atoms with van der Waals surface area (Å²) in [5.41, 5.74) is 0.389. The normalized spacial score (nSPS) is 18.7. The van der Waals surface area contributed by atoms with E-state index in [1.54, 1.807) is 0 Å². The van der Waals surface area contributed by atoms with Gasteiger partial charge in [-0.3, -0.25) is 4.79 Å². The van der Waals surface area contributed by atoms with Crippen LogP contribution in [0.4, 0.5) is 4.39 Å². The van der Waals surface area contributed by atoms with Gasteiger partial charge in [-0.2, -0.15) is 9.57 Å². The average molecular weight is 338 g/mol. The minimum atomic E-state index is -3.45. The van der Waals surface area contributed by atoms with Crippen LogP contribution < -0.4 is 0 Å². The van der Waals surface area contributed by atoms with E-state index in [4.69, 9.17) is 5.26 Å². The number of hydrogen-bond acceptors (Lipinski definition) is 4. The number of halogens is 1. The molecule has 0 aromatic heterocycles. The van der Waals surface area contributed by atoms with Gasteiger partial charge < -0.3 is 0 Å². The monoisotopic (exact) mass is 338 g/mol. The van der Waals surface area contributed by atoms with Crippen LogP contribution in [-0.4, -0.2) is 36.8 Å². The lowest BCUT2D eigenvalue weighted by Crippen LogP contribution is -2.38. The van der Waals surface area contributed by atoms with Gasteiger partial charge in [0.25, 0.3) is 0 Å². The van der Waals surface area contributed by atoms with Crippen molar-refractivity contribution in [1.82, 2.24) is 4.31 Å². The van der Waals surface area contributed by atoms with Gasteiger partial charge in [0.05, 0.1) is 11.8 Å². The molecule has 124 valence electrons. The van der Waals surface area contributed by atoms with Gasteiger partial charge in [-0.15, -0.1) is 0 Å². The van der Waals surface area contributed by atoms with Crippen molar-refractivity contribution in [3.8, 4) is 6.07 Å².